The molecule has 1 atom stereocenters. The molecular weight excluding hydrogens is 389 g/mol. The number of carbonyl (C=O) groups excluding carboxylic acids is 1. The Morgan fingerprint density at radius 3 is 2.70 bits per heavy atom. The van der Waals surface area contributed by atoms with E-state index in [2.05, 4.69) is 6.07 Å². The molecule has 3 rings (SSSR count). The van der Waals surface area contributed by atoms with Gasteiger partial charge in [0.05, 0.1) is 23.3 Å². The molecule has 8 heteroatoms. The Bertz CT molecular complexity index is 1120. The second-order valence-electron chi connectivity index (χ2n) is 7.04. The standard InChI is InChI=1S/C22H20FN3O4/c1-15(26(28)29)11-16-12-18-7-9-25(21(18)19(13-16)14-24)8-2-10-30-22(27)17-3-5-20(23)6-4-17/h3-7,9,12-13,15H,2,8,10-11H2,1H3. The normalized spacial score (nSPS) is 11.8. The summed E-state index contributed by atoms with van der Waals surface area (Å²) >= 11 is 0. The van der Waals surface area contributed by atoms with E-state index in [1.165, 1.54) is 31.2 Å². The minimum Gasteiger partial charge on any atom is -0.462 e. The van der Waals surface area contributed by atoms with Crippen molar-refractivity contribution in [2.45, 2.75) is 32.4 Å². The summed E-state index contributed by atoms with van der Waals surface area (Å²) in [7, 11) is 0. The van der Waals surface area contributed by atoms with Gasteiger partial charge < -0.3 is 9.30 Å². The number of halogens is 1. The van der Waals surface area contributed by atoms with E-state index in [1.54, 1.807) is 6.07 Å². The van der Waals surface area contributed by atoms with E-state index in [-0.39, 0.29) is 23.5 Å². The molecule has 0 saturated heterocycles. The zero-order valence-corrected chi connectivity index (χ0v) is 16.4. The average molecular weight is 409 g/mol. The van der Waals surface area contributed by atoms with Crippen LogP contribution in [0.5, 0.6) is 0 Å². The SMILES string of the molecule is CC(Cc1cc(C#N)c2c(ccn2CCCOC(=O)c2ccc(F)cc2)c1)[N+](=O)[O-]. The van der Waals surface area contributed by atoms with Crippen molar-refractivity contribution in [2.75, 3.05) is 6.61 Å². The van der Waals surface area contributed by atoms with E-state index < -0.39 is 17.8 Å². The Hall–Kier alpha value is -3.73. The molecule has 1 aromatic heterocycles. The van der Waals surface area contributed by atoms with Crippen molar-refractivity contribution in [3.63, 3.8) is 0 Å². The van der Waals surface area contributed by atoms with Gasteiger partial charge in [0.15, 0.2) is 0 Å². The lowest BCUT2D eigenvalue weighted by Gasteiger charge is -2.10. The molecular formula is C22H20FN3O4. The quantitative estimate of drug-likeness (QED) is 0.241. The molecule has 0 fully saturated rings. The fourth-order valence-corrected chi connectivity index (χ4v) is 3.29. The Morgan fingerprint density at radius 1 is 1.30 bits per heavy atom. The zero-order chi connectivity index (χ0) is 21.7. The lowest BCUT2D eigenvalue weighted by molar-refractivity contribution is -0.517. The van der Waals surface area contributed by atoms with Gasteiger partial charge in [-0.05, 0) is 54.4 Å². The maximum atomic E-state index is 12.9. The first-order valence-corrected chi connectivity index (χ1v) is 9.47. The maximum Gasteiger partial charge on any atom is 0.338 e. The fourth-order valence-electron chi connectivity index (χ4n) is 3.29. The van der Waals surface area contributed by atoms with E-state index in [0.717, 1.165) is 16.5 Å². The number of carbonyl (C=O) groups is 1. The van der Waals surface area contributed by atoms with E-state index in [1.807, 2.05) is 22.9 Å². The van der Waals surface area contributed by atoms with Crippen LogP contribution in [-0.2, 0) is 17.7 Å². The second-order valence-corrected chi connectivity index (χ2v) is 7.04. The summed E-state index contributed by atoms with van der Waals surface area (Å²) in [6.45, 7) is 2.24. The third-order valence-electron chi connectivity index (χ3n) is 4.79. The van der Waals surface area contributed by atoms with E-state index >= 15 is 0 Å². The number of aryl methyl sites for hydroxylation is 1. The van der Waals surface area contributed by atoms with Crippen molar-refractivity contribution in [2.24, 2.45) is 0 Å². The lowest BCUT2D eigenvalue weighted by atomic mass is 10.0. The first-order chi connectivity index (χ1) is 14.4. The van der Waals surface area contributed by atoms with E-state index in [0.29, 0.717) is 18.5 Å². The van der Waals surface area contributed by atoms with Gasteiger partial charge in [-0.15, -0.1) is 0 Å². The summed E-state index contributed by atoms with van der Waals surface area (Å²) in [4.78, 5) is 22.5. The molecule has 1 unspecified atom stereocenters. The molecule has 154 valence electrons. The number of nitro groups is 1. The summed E-state index contributed by atoms with van der Waals surface area (Å²) in [6.07, 6.45) is 2.62. The molecule has 0 amide bonds. The molecule has 0 aliphatic rings. The fraction of sp³-hybridized carbons (Fsp3) is 0.273. The van der Waals surface area contributed by atoms with Gasteiger partial charge in [-0.2, -0.15) is 5.26 Å². The second kappa shape index (κ2) is 9.18. The van der Waals surface area contributed by atoms with E-state index in [9.17, 15) is 24.6 Å². The van der Waals surface area contributed by atoms with Crippen LogP contribution in [0.15, 0.2) is 48.7 Å². The minimum absolute atomic E-state index is 0.177. The van der Waals surface area contributed by atoms with Gasteiger partial charge in [0, 0.05) is 36.4 Å². The third kappa shape index (κ3) is 4.81. The van der Waals surface area contributed by atoms with Crippen LogP contribution in [0, 0.1) is 27.3 Å². The highest BCUT2D eigenvalue weighted by atomic mass is 19.1. The van der Waals surface area contributed by atoms with E-state index in [4.69, 9.17) is 4.74 Å². The number of ether oxygens (including phenoxy) is 1. The number of aromatic nitrogens is 1. The number of rotatable bonds is 8. The first kappa shape index (κ1) is 21.0. The number of fused-ring (bicyclic) bond motifs is 1. The average Bonchev–Trinajstić information content (AvgIpc) is 3.13. The van der Waals surface area contributed by atoms with Crippen LogP contribution in [0.25, 0.3) is 10.9 Å². The van der Waals surface area contributed by atoms with Crippen LogP contribution in [0.4, 0.5) is 4.39 Å². The van der Waals surface area contributed by atoms with Crippen molar-refractivity contribution in [1.29, 1.82) is 5.26 Å². The molecule has 1 heterocycles. The van der Waals surface area contributed by atoms with Gasteiger partial charge in [-0.3, -0.25) is 10.1 Å². The van der Waals surface area contributed by atoms with Crippen LogP contribution in [0.1, 0.15) is 34.8 Å². The molecule has 0 aliphatic carbocycles. The molecule has 2 aromatic carbocycles. The molecule has 0 radical (unpaired) electrons. The number of esters is 1. The number of nitrogens with zero attached hydrogens (tertiary/aromatic N) is 3. The van der Waals surface area contributed by atoms with Crippen LogP contribution in [-0.4, -0.2) is 28.1 Å². The Labute approximate surface area is 172 Å². The molecule has 3 aromatic rings. The smallest absolute Gasteiger partial charge is 0.338 e. The summed E-state index contributed by atoms with van der Waals surface area (Å²) in [5.41, 5.74) is 2.23. The molecule has 0 spiro atoms. The Balaban J connectivity index is 1.65. The van der Waals surface area contributed by atoms with Gasteiger partial charge in [-0.25, -0.2) is 9.18 Å². The van der Waals surface area contributed by atoms with Crippen LogP contribution in [0.3, 0.4) is 0 Å². The molecule has 0 bridgehead atoms. The maximum absolute atomic E-state index is 12.9. The predicted octanol–water partition coefficient (Wildman–Crippen LogP) is 4.11. The summed E-state index contributed by atoms with van der Waals surface area (Å²) < 4.78 is 20.0. The molecule has 0 aliphatic heterocycles. The summed E-state index contributed by atoms with van der Waals surface area (Å²) in [5.74, 6) is -0.940. The number of nitriles is 1. The number of benzene rings is 2. The lowest BCUT2D eigenvalue weighted by Crippen LogP contribution is -2.17. The predicted molar refractivity (Wildman–Crippen MR) is 108 cm³/mol. The highest BCUT2D eigenvalue weighted by Gasteiger charge is 2.16. The molecule has 7 nitrogen and oxygen atoms in total. The van der Waals surface area contributed by atoms with Gasteiger partial charge in [0.1, 0.15) is 11.9 Å². The topological polar surface area (TPSA) is 98.2 Å². The van der Waals surface area contributed by atoms with Crippen molar-refractivity contribution in [1.82, 2.24) is 4.57 Å². The van der Waals surface area contributed by atoms with Crippen molar-refractivity contribution < 1.29 is 18.8 Å². The van der Waals surface area contributed by atoms with Crippen LogP contribution in [0.2, 0.25) is 0 Å². The largest absolute Gasteiger partial charge is 0.462 e. The zero-order valence-electron chi connectivity index (χ0n) is 16.4. The monoisotopic (exact) mass is 409 g/mol. The summed E-state index contributed by atoms with van der Waals surface area (Å²) in [6, 6.07) is 12.0. The number of hydrogen-bond acceptors (Lipinski definition) is 5. The summed E-state index contributed by atoms with van der Waals surface area (Å²) in [5, 5.41) is 21.3. The van der Waals surface area contributed by atoms with Crippen molar-refractivity contribution in [3.05, 3.63) is 81.3 Å². The molecule has 0 N–H and O–H groups in total. The first-order valence-electron chi connectivity index (χ1n) is 9.47. The molecule has 0 saturated carbocycles. The van der Waals surface area contributed by atoms with Gasteiger partial charge in [-0.1, -0.05) is 0 Å². The number of hydrogen-bond donors (Lipinski definition) is 0. The van der Waals surface area contributed by atoms with Gasteiger partial charge in [0.25, 0.3) is 0 Å². The van der Waals surface area contributed by atoms with Crippen molar-refractivity contribution >= 4 is 16.9 Å². The van der Waals surface area contributed by atoms with Crippen LogP contribution >= 0.6 is 0 Å². The van der Waals surface area contributed by atoms with Gasteiger partial charge >= 0.3 is 5.97 Å². The van der Waals surface area contributed by atoms with Crippen molar-refractivity contribution in [3.8, 4) is 6.07 Å². The molecule has 30 heavy (non-hydrogen) atoms. The Morgan fingerprint density at radius 2 is 2.03 bits per heavy atom. The highest BCUT2D eigenvalue weighted by Crippen LogP contribution is 2.24. The minimum atomic E-state index is -0.730. The van der Waals surface area contributed by atoms with Crippen LogP contribution < -0.4 is 0 Å². The Kier molecular flexibility index (Phi) is 6.42. The third-order valence-corrected chi connectivity index (χ3v) is 4.79. The van der Waals surface area contributed by atoms with Gasteiger partial charge in [0.2, 0.25) is 6.04 Å². The highest BCUT2D eigenvalue weighted by molar-refractivity contribution is 5.89.